The molecule has 0 saturated carbocycles. The van der Waals surface area contributed by atoms with Crippen molar-refractivity contribution in [2.24, 2.45) is 0 Å². The number of pyridine rings is 1. The highest BCUT2D eigenvalue weighted by Gasteiger charge is 2.38. The van der Waals surface area contributed by atoms with Crippen LogP contribution in [0.15, 0.2) is 46.5 Å². The Kier molecular flexibility index (Phi) is 4.59. The first-order valence-corrected chi connectivity index (χ1v) is 10.4. The van der Waals surface area contributed by atoms with Gasteiger partial charge in [0.05, 0.1) is 21.7 Å². The van der Waals surface area contributed by atoms with Gasteiger partial charge in [0, 0.05) is 23.8 Å². The molecule has 1 aromatic heterocycles. The number of carbonyl (C=O) groups excluding carboxylic acids is 1. The Bertz CT molecular complexity index is 915. The van der Waals surface area contributed by atoms with E-state index in [0.717, 1.165) is 5.03 Å². The zero-order valence-electron chi connectivity index (χ0n) is 13.1. The van der Waals surface area contributed by atoms with Gasteiger partial charge in [-0.05, 0) is 42.2 Å². The molecule has 0 aliphatic carbocycles. The van der Waals surface area contributed by atoms with Gasteiger partial charge >= 0.3 is 0 Å². The third-order valence-electron chi connectivity index (χ3n) is 4.02. The van der Waals surface area contributed by atoms with Crippen molar-refractivity contribution in [2.45, 2.75) is 16.0 Å². The highest BCUT2D eigenvalue weighted by atomic mass is 35.5. The molecule has 2 aromatic rings. The Labute approximate surface area is 150 Å². The number of hydrogen-bond donors (Lipinski definition) is 0. The molecule has 1 aromatic carbocycles. The van der Waals surface area contributed by atoms with Crippen molar-refractivity contribution < 1.29 is 13.2 Å². The number of fused-ring (bicyclic) bond motifs is 1. The third-order valence-corrected chi connectivity index (χ3v) is 6.70. The zero-order valence-corrected chi connectivity index (χ0v) is 15.5. The summed E-state index contributed by atoms with van der Waals surface area (Å²) in [6.07, 6.45) is 3.45. The first-order chi connectivity index (χ1) is 11.3. The molecule has 0 fully saturated rings. The lowest BCUT2D eigenvalue weighted by Gasteiger charge is -2.24. The predicted octanol–water partition coefficient (Wildman–Crippen LogP) is 3.06. The van der Waals surface area contributed by atoms with Crippen LogP contribution in [0, 0.1) is 0 Å². The minimum atomic E-state index is -3.41. The lowest BCUT2D eigenvalue weighted by Crippen LogP contribution is -2.32. The van der Waals surface area contributed by atoms with Crippen LogP contribution < -0.4 is 0 Å². The lowest BCUT2D eigenvalue weighted by molar-refractivity contribution is 0.0745. The van der Waals surface area contributed by atoms with Crippen LogP contribution in [0.4, 0.5) is 0 Å². The molecular weight excluding hydrogens is 368 g/mol. The van der Waals surface area contributed by atoms with Crippen molar-refractivity contribution in [1.29, 1.82) is 0 Å². The second kappa shape index (κ2) is 6.38. The molecule has 8 heteroatoms. The van der Waals surface area contributed by atoms with Crippen molar-refractivity contribution in [3.05, 3.63) is 52.7 Å². The second-order valence-corrected chi connectivity index (χ2v) is 8.75. The number of aromatic nitrogens is 1. The van der Waals surface area contributed by atoms with Crippen LogP contribution in [-0.2, 0) is 9.84 Å². The Balaban J connectivity index is 1.98. The van der Waals surface area contributed by atoms with Crippen LogP contribution in [0.1, 0.15) is 22.0 Å². The number of benzene rings is 1. The minimum absolute atomic E-state index is 0.134. The number of carbonyl (C=O) groups is 1. The molecule has 1 aliphatic rings. The van der Waals surface area contributed by atoms with Crippen molar-refractivity contribution in [1.82, 2.24) is 9.88 Å². The fraction of sp³-hybridized carbons (Fsp3) is 0.250. The third kappa shape index (κ3) is 3.03. The molecule has 3 rings (SSSR count). The molecule has 0 saturated heterocycles. The SMILES string of the molecule is CSc1cc(C(=O)N(C)C2CS(=O)(=O)c3ccc(Cl)cc32)ccn1. The summed E-state index contributed by atoms with van der Waals surface area (Å²) < 4.78 is 24.7. The number of hydrogen-bond acceptors (Lipinski definition) is 5. The maximum Gasteiger partial charge on any atom is 0.254 e. The van der Waals surface area contributed by atoms with Crippen molar-refractivity contribution >= 4 is 39.1 Å². The van der Waals surface area contributed by atoms with Crippen LogP contribution in [0.25, 0.3) is 0 Å². The summed E-state index contributed by atoms with van der Waals surface area (Å²) in [7, 11) is -1.81. The number of thioether (sulfide) groups is 1. The molecule has 0 bridgehead atoms. The molecule has 24 heavy (non-hydrogen) atoms. The summed E-state index contributed by atoms with van der Waals surface area (Å²) in [5.74, 6) is -0.383. The fourth-order valence-corrected chi connectivity index (χ4v) is 5.19. The van der Waals surface area contributed by atoms with E-state index in [4.69, 9.17) is 11.6 Å². The van der Waals surface area contributed by atoms with Crippen LogP contribution >= 0.6 is 23.4 Å². The zero-order chi connectivity index (χ0) is 17.5. The van der Waals surface area contributed by atoms with E-state index in [-0.39, 0.29) is 16.6 Å². The van der Waals surface area contributed by atoms with Crippen molar-refractivity contribution in [3.8, 4) is 0 Å². The van der Waals surface area contributed by atoms with E-state index in [2.05, 4.69) is 4.98 Å². The molecule has 0 spiro atoms. The van der Waals surface area contributed by atoms with Gasteiger partial charge in [0.25, 0.3) is 5.91 Å². The summed E-state index contributed by atoms with van der Waals surface area (Å²) in [5.41, 5.74) is 1.04. The Morgan fingerprint density at radius 2 is 2.08 bits per heavy atom. The number of amides is 1. The number of halogens is 1. The molecule has 126 valence electrons. The molecule has 0 N–H and O–H groups in total. The van der Waals surface area contributed by atoms with Gasteiger partial charge < -0.3 is 4.90 Å². The summed E-state index contributed by atoms with van der Waals surface area (Å²) in [6, 6.07) is 7.45. The van der Waals surface area contributed by atoms with Crippen LogP contribution in [0.2, 0.25) is 5.02 Å². The van der Waals surface area contributed by atoms with Gasteiger partial charge in [0.2, 0.25) is 0 Å². The predicted molar refractivity (Wildman–Crippen MR) is 94.4 cm³/mol. The highest BCUT2D eigenvalue weighted by molar-refractivity contribution is 7.98. The topological polar surface area (TPSA) is 67.3 Å². The molecule has 1 aliphatic heterocycles. The average Bonchev–Trinajstić information content (AvgIpc) is 2.84. The maximum absolute atomic E-state index is 12.8. The van der Waals surface area contributed by atoms with Gasteiger partial charge in [-0.1, -0.05) is 11.6 Å². The normalized spacial score (nSPS) is 18.2. The fourth-order valence-electron chi connectivity index (χ4n) is 2.77. The summed E-state index contributed by atoms with van der Waals surface area (Å²) >= 11 is 7.45. The number of sulfone groups is 1. The van der Waals surface area contributed by atoms with Gasteiger partial charge in [-0.3, -0.25) is 4.79 Å². The van der Waals surface area contributed by atoms with Gasteiger partial charge in [-0.25, -0.2) is 13.4 Å². The quantitative estimate of drug-likeness (QED) is 0.763. The Hall–Kier alpha value is -1.57. The van der Waals surface area contributed by atoms with Gasteiger partial charge in [0.15, 0.2) is 9.84 Å². The smallest absolute Gasteiger partial charge is 0.254 e. The van der Waals surface area contributed by atoms with E-state index in [1.54, 1.807) is 37.5 Å². The van der Waals surface area contributed by atoms with E-state index in [0.29, 0.717) is 16.1 Å². The Morgan fingerprint density at radius 1 is 1.33 bits per heavy atom. The summed E-state index contributed by atoms with van der Waals surface area (Å²) in [6.45, 7) is 0. The van der Waals surface area contributed by atoms with E-state index in [1.807, 2.05) is 6.26 Å². The lowest BCUT2D eigenvalue weighted by atomic mass is 10.1. The average molecular weight is 383 g/mol. The van der Waals surface area contributed by atoms with Crippen molar-refractivity contribution in [3.63, 3.8) is 0 Å². The van der Waals surface area contributed by atoms with E-state index < -0.39 is 15.9 Å². The second-order valence-electron chi connectivity index (χ2n) is 5.48. The Morgan fingerprint density at radius 3 is 2.79 bits per heavy atom. The minimum Gasteiger partial charge on any atom is -0.334 e. The highest BCUT2D eigenvalue weighted by Crippen LogP contribution is 2.38. The number of nitrogens with zero attached hydrogens (tertiary/aromatic N) is 2. The maximum atomic E-state index is 12.8. The summed E-state index contributed by atoms with van der Waals surface area (Å²) in [5, 5.41) is 1.18. The van der Waals surface area contributed by atoms with E-state index in [1.165, 1.54) is 22.7 Å². The first kappa shape index (κ1) is 17.3. The van der Waals surface area contributed by atoms with Crippen LogP contribution in [0.5, 0.6) is 0 Å². The van der Waals surface area contributed by atoms with E-state index >= 15 is 0 Å². The molecular formula is C16H15ClN2O3S2. The van der Waals surface area contributed by atoms with Crippen LogP contribution in [-0.4, -0.2) is 43.3 Å². The molecule has 5 nitrogen and oxygen atoms in total. The van der Waals surface area contributed by atoms with Gasteiger partial charge in [0.1, 0.15) is 0 Å². The molecule has 1 atom stereocenters. The molecule has 2 heterocycles. The standard InChI is InChI=1S/C16H15ClN2O3S2/c1-19(16(20)10-5-6-18-15(7-10)23-2)13-9-24(21,22)14-4-3-11(17)8-12(13)14/h3-8,13H,9H2,1-2H3. The van der Waals surface area contributed by atoms with E-state index in [9.17, 15) is 13.2 Å². The van der Waals surface area contributed by atoms with Crippen molar-refractivity contribution in [2.75, 3.05) is 19.1 Å². The van der Waals surface area contributed by atoms with Crippen LogP contribution in [0.3, 0.4) is 0 Å². The molecule has 1 amide bonds. The summed E-state index contributed by atoms with van der Waals surface area (Å²) in [4.78, 5) is 18.6. The van der Waals surface area contributed by atoms with Gasteiger partial charge in [-0.15, -0.1) is 11.8 Å². The monoisotopic (exact) mass is 382 g/mol. The largest absolute Gasteiger partial charge is 0.334 e. The number of rotatable bonds is 3. The molecule has 0 radical (unpaired) electrons. The first-order valence-electron chi connectivity index (χ1n) is 7.13. The molecule has 1 unspecified atom stereocenters. The van der Waals surface area contributed by atoms with Gasteiger partial charge in [-0.2, -0.15) is 0 Å².